The van der Waals surface area contributed by atoms with Crippen LogP contribution < -0.4 is 0 Å². The predicted molar refractivity (Wildman–Crippen MR) is 185 cm³/mol. The number of ketones is 1. The van der Waals surface area contributed by atoms with E-state index in [0.29, 0.717) is 5.92 Å². The Kier molecular flexibility index (Phi) is 12.3. The number of aryl methyl sites for hydroxylation is 2. The molecule has 1 N–H and O–H groups in total. The summed E-state index contributed by atoms with van der Waals surface area (Å²) < 4.78 is 0. The van der Waals surface area contributed by atoms with Crippen LogP contribution in [0.1, 0.15) is 109 Å². The Morgan fingerprint density at radius 3 is 2.22 bits per heavy atom. The topological polar surface area (TPSA) is 63.1 Å². The molecule has 0 saturated heterocycles. The van der Waals surface area contributed by atoms with Crippen LogP contribution in [-0.4, -0.2) is 20.9 Å². The third-order valence-electron chi connectivity index (χ3n) is 9.44. The summed E-state index contributed by atoms with van der Waals surface area (Å²) in [5.41, 5.74) is 8.33. The summed E-state index contributed by atoms with van der Waals surface area (Å²) in [4.78, 5) is 21.2. The molecule has 0 saturated carbocycles. The van der Waals surface area contributed by atoms with Crippen LogP contribution in [0, 0.1) is 37.7 Å². The Balaban J connectivity index is 0.000000297. The first-order valence-electron chi connectivity index (χ1n) is 16.6. The molecule has 2 heterocycles. The van der Waals surface area contributed by atoms with Crippen LogP contribution in [0.5, 0.6) is 0 Å². The fraction of sp³-hybridized carbons (Fsp3) is 0.475. The van der Waals surface area contributed by atoms with E-state index in [1.54, 1.807) is 0 Å². The van der Waals surface area contributed by atoms with Crippen LogP contribution in [0.15, 0.2) is 48.4 Å². The minimum atomic E-state index is -0.132. The molecule has 2 aromatic heterocycles. The van der Waals surface area contributed by atoms with E-state index in [1.807, 2.05) is 33.9 Å². The summed E-state index contributed by atoms with van der Waals surface area (Å²) in [7, 11) is 0. The zero-order valence-corrected chi connectivity index (χ0v) is 31.3. The maximum absolute atomic E-state index is 11.7. The van der Waals surface area contributed by atoms with E-state index in [4.69, 9.17) is 9.97 Å². The van der Waals surface area contributed by atoms with Gasteiger partial charge < -0.3 is 10.1 Å². The van der Waals surface area contributed by atoms with Crippen LogP contribution >= 0.6 is 0 Å². The molecule has 0 amide bonds. The van der Waals surface area contributed by atoms with Crippen molar-refractivity contribution in [3.05, 3.63) is 82.5 Å². The van der Waals surface area contributed by atoms with Crippen molar-refractivity contribution in [3.8, 4) is 11.3 Å². The van der Waals surface area contributed by atoms with Gasteiger partial charge in [0.2, 0.25) is 0 Å². The maximum atomic E-state index is 11.7. The normalized spacial score (nSPS) is 13.6. The van der Waals surface area contributed by atoms with Crippen molar-refractivity contribution in [2.24, 2.45) is 17.8 Å². The summed E-state index contributed by atoms with van der Waals surface area (Å²) in [6.07, 6.45) is 7.95. The number of hydrogen-bond acceptors (Lipinski definition) is 4. The van der Waals surface area contributed by atoms with Gasteiger partial charge in [-0.1, -0.05) is 84.4 Å². The third kappa shape index (κ3) is 7.42. The molecule has 45 heavy (non-hydrogen) atoms. The number of hydrogen-bond donors (Lipinski definition) is 1. The molecular formula is C40H51IrN2O2-. The van der Waals surface area contributed by atoms with E-state index >= 15 is 0 Å². The molecule has 0 aliphatic heterocycles. The zero-order chi connectivity index (χ0) is 32.3. The monoisotopic (exact) mass is 784 g/mol. The second-order valence-electron chi connectivity index (χ2n) is 13.5. The van der Waals surface area contributed by atoms with E-state index < -0.39 is 0 Å². The first-order chi connectivity index (χ1) is 20.9. The van der Waals surface area contributed by atoms with Crippen LogP contribution in [-0.2, 0) is 36.7 Å². The molecule has 2 aromatic carbocycles. The molecular weight excluding hydrogens is 733 g/mol. The molecule has 0 bridgehead atoms. The second-order valence-corrected chi connectivity index (χ2v) is 13.5. The smallest absolute Gasteiger partial charge is 0.162 e. The van der Waals surface area contributed by atoms with Crippen molar-refractivity contribution in [2.75, 3.05) is 0 Å². The molecule has 5 heteroatoms. The molecule has 0 spiro atoms. The zero-order valence-electron chi connectivity index (χ0n) is 28.9. The number of carbonyl (C=O) groups excluding carboxylic acids is 1. The molecule has 4 aromatic rings. The third-order valence-corrected chi connectivity index (χ3v) is 9.44. The fourth-order valence-electron chi connectivity index (χ4n) is 6.98. The number of pyridine rings is 2. The van der Waals surface area contributed by atoms with Crippen LogP contribution in [0.25, 0.3) is 32.8 Å². The van der Waals surface area contributed by atoms with Gasteiger partial charge in [0.05, 0.1) is 5.76 Å². The van der Waals surface area contributed by atoms with E-state index in [1.165, 1.54) is 44.3 Å². The van der Waals surface area contributed by atoms with Crippen molar-refractivity contribution in [3.63, 3.8) is 0 Å². The molecule has 1 radical (unpaired) electrons. The first-order valence-corrected chi connectivity index (χ1v) is 16.6. The van der Waals surface area contributed by atoms with Gasteiger partial charge in [0.25, 0.3) is 0 Å². The predicted octanol–water partition coefficient (Wildman–Crippen LogP) is 10.6. The van der Waals surface area contributed by atoms with Crippen molar-refractivity contribution in [2.45, 2.75) is 107 Å². The minimum absolute atomic E-state index is 0. The second kappa shape index (κ2) is 15.1. The number of carbonyl (C=O) groups is 1. The molecule has 243 valence electrons. The van der Waals surface area contributed by atoms with Crippen molar-refractivity contribution >= 4 is 27.3 Å². The van der Waals surface area contributed by atoms with Gasteiger partial charge in [-0.3, -0.25) is 9.78 Å². The van der Waals surface area contributed by atoms with Crippen LogP contribution in [0.3, 0.4) is 0 Å². The number of aliphatic hydroxyl groups excluding tert-OH is 1. The number of aromatic nitrogens is 2. The molecule has 0 unspecified atom stereocenters. The van der Waals surface area contributed by atoms with Gasteiger partial charge in [-0.15, -0.1) is 23.3 Å². The number of fused-ring (bicyclic) bond motifs is 4. The van der Waals surface area contributed by atoms with Gasteiger partial charge in [-0.05, 0) is 90.9 Å². The Labute approximate surface area is 284 Å². The average Bonchev–Trinajstić information content (AvgIpc) is 2.96. The maximum Gasteiger partial charge on any atom is 0.162 e. The Hall–Kier alpha value is -2.88. The Morgan fingerprint density at radius 2 is 1.62 bits per heavy atom. The average molecular weight is 784 g/mol. The first kappa shape index (κ1) is 36.6. The minimum Gasteiger partial charge on any atom is -0.512 e. The largest absolute Gasteiger partial charge is 0.512 e. The number of rotatable bonds is 9. The molecule has 0 atom stereocenters. The molecule has 5 rings (SSSR count). The van der Waals surface area contributed by atoms with Gasteiger partial charge in [-0.25, -0.2) is 0 Å². The van der Waals surface area contributed by atoms with Gasteiger partial charge in [0.15, 0.2) is 5.78 Å². The number of nitrogens with zero attached hydrogens (tertiary/aromatic N) is 2. The summed E-state index contributed by atoms with van der Waals surface area (Å²) in [6.45, 7) is 21.5. The Morgan fingerprint density at radius 1 is 0.978 bits per heavy atom. The van der Waals surface area contributed by atoms with Crippen LogP contribution in [0.2, 0.25) is 0 Å². The summed E-state index contributed by atoms with van der Waals surface area (Å²) in [5, 5.41) is 14.8. The molecule has 0 fully saturated rings. The summed E-state index contributed by atoms with van der Waals surface area (Å²) in [6, 6.07) is 14.9. The van der Waals surface area contributed by atoms with Crippen molar-refractivity contribution < 1.29 is 30.0 Å². The fourth-order valence-corrected chi connectivity index (χ4v) is 6.98. The van der Waals surface area contributed by atoms with Gasteiger partial charge >= 0.3 is 0 Å². The number of benzene rings is 2. The quantitative estimate of drug-likeness (QED) is 0.104. The van der Waals surface area contributed by atoms with E-state index in [-0.39, 0.29) is 48.9 Å². The van der Waals surface area contributed by atoms with E-state index in [2.05, 4.69) is 77.9 Å². The standard InChI is InChI=1S/C27H27N2.C13H24O2.Ir/c1-15(2)11-18-13-19-9-10-28-26-21-8-7-20-17(4)29-16(3)12-22(20)25(21)27(5,6)23(14-18)24(19)26;1-5-10(6-2)12(14)9-13(15)11(7-3)8-4;/h7,9-10,12-15H,11H2,1-6H3;9-11,14H,5-8H2,1-4H3;/q-1;;/b;12-9-;. The molecule has 4 nitrogen and oxygen atoms in total. The molecule has 1 aliphatic carbocycles. The summed E-state index contributed by atoms with van der Waals surface area (Å²) in [5.74, 6) is 1.18. The van der Waals surface area contributed by atoms with Gasteiger partial charge in [-0.2, -0.15) is 0 Å². The van der Waals surface area contributed by atoms with E-state index in [0.717, 1.165) is 54.7 Å². The number of aliphatic hydroxyl groups is 1. The van der Waals surface area contributed by atoms with Crippen molar-refractivity contribution in [1.82, 2.24) is 9.97 Å². The van der Waals surface area contributed by atoms with Crippen LogP contribution in [0.4, 0.5) is 0 Å². The Bertz CT molecular complexity index is 1690. The van der Waals surface area contributed by atoms with Crippen molar-refractivity contribution in [1.29, 1.82) is 0 Å². The van der Waals surface area contributed by atoms with Gasteiger partial charge in [0, 0.05) is 55.6 Å². The van der Waals surface area contributed by atoms with Gasteiger partial charge in [0.1, 0.15) is 0 Å². The summed E-state index contributed by atoms with van der Waals surface area (Å²) >= 11 is 0. The van der Waals surface area contributed by atoms with E-state index in [9.17, 15) is 9.90 Å². The SMILES string of the molecule is CCC(CC)C(=O)/C=C(\O)C(CC)CC.Cc1cc2c3c([c-]cc2c(C)n1)-c1nccc2cc(CC(C)C)cc(c12)C3(C)C.[Ir]. The molecule has 1 aliphatic rings. The number of allylic oxidation sites excluding steroid dienone is 2.